The number of carbonyl (C=O) groups is 6. The summed E-state index contributed by atoms with van der Waals surface area (Å²) in [6.45, 7) is 5.34. The second-order valence-electron chi connectivity index (χ2n) is 19.2. The van der Waals surface area contributed by atoms with Crippen LogP contribution in [0.4, 0.5) is 0 Å². The van der Waals surface area contributed by atoms with Gasteiger partial charge in [-0.2, -0.15) is 0 Å². The van der Waals surface area contributed by atoms with Gasteiger partial charge in [-0.3, -0.25) is 28.8 Å². The molecule has 0 spiro atoms. The van der Waals surface area contributed by atoms with Gasteiger partial charge < -0.3 is 37.6 Å². The highest BCUT2D eigenvalue weighted by Gasteiger charge is 2.36. The zero-order chi connectivity index (χ0) is 57.9. The van der Waals surface area contributed by atoms with Gasteiger partial charge in [0.05, 0.1) is 41.4 Å². The van der Waals surface area contributed by atoms with E-state index in [9.17, 15) is 39.0 Å². The Kier molecular flexibility index (Phi) is 17.6. The average Bonchev–Trinajstić information content (AvgIpc) is 4.39. The lowest BCUT2D eigenvalue weighted by Gasteiger charge is -2.28. The predicted octanol–water partition coefficient (Wildman–Crippen LogP) is 8.39. The van der Waals surface area contributed by atoms with Gasteiger partial charge >= 0.3 is 0 Å². The lowest BCUT2D eigenvalue weighted by Crippen LogP contribution is -2.50. The Bertz CT molecular complexity index is 3860. The summed E-state index contributed by atoms with van der Waals surface area (Å²) in [4.78, 5) is 117. The fraction of sp³-hybridized carbons (Fsp3) is 0.255. The summed E-state index contributed by atoms with van der Waals surface area (Å²) in [5.41, 5.74) is 15.6. The molecular weight excluding hydrogens is 1180 g/mol. The van der Waals surface area contributed by atoms with Crippen LogP contribution in [-0.2, 0) is 16.0 Å². The van der Waals surface area contributed by atoms with Crippen LogP contribution in [0.15, 0.2) is 93.6 Å². The molecule has 5 amide bonds. The van der Waals surface area contributed by atoms with E-state index in [1.807, 2.05) is 31.2 Å². The summed E-state index contributed by atoms with van der Waals surface area (Å²) in [6, 6.07) is 16.4. The van der Waals surface area contributed by atoms with Crippen molar-refractivity contribution in [3.05, 3.63) is 153 Å². The summed E-state index contributed by atoms with van der Waals surface area (Å²) in [5.74, 6) is -5.77. The summed E-state index contributed by atoms with van der Waals surface area (Å²) in [7, 11) is 0. The zero-order valence-corrected chi connectivity index (χ0v) is 49.2. The molecule has 0 aliphatic carbocycles. The maximum Gasteiger partial charge on any atom is 0.271 e. The normalized spacial score (nSPS) is 18.2. The van der Waals surface area contributed by atoms with Crippen molar-refractivity contribution in [1.82, 2.24) is 50.8 Å². The molecular formula is C55H49ClN12O8S6. The minimum absolute atomic E-state index is 0.0103. The number of Topliss-reactive ketones (excluding diaryl/α,β-unsaturated/α-hetero) is 1. The first kappa shape index (κ1) is 57.8. The molecule has 0 saturated heterocycles. The molecule has 2 aromatic carbocycles. The minimum atomic E-state index is -1.29. The number of pyridine rings is 1. The number of rotatable bonds is 11. The molecule has 0 radical (unpaired) electrons. The number of fused-ring (bicyclic) bond motifs is 14. The number of thiazole rings is 6. The van der Waals surface area contributed by atoms with E-state index in [0.29, 0.717) is 58.8 Å². The highest BCUT2D eigenvalue weighted by atomic mass is 35.5. The highest BCUT2D eigenvalue weighted by Crippen LogP contribution is 2.41. The Hall–Kier alpha value is -7.40. The van der Waals surface area contributed by atoms with Crippen LogP contribution in [0.1, 0.15) is 122 Å². The molecule has 20 nitrogen and oxygen atoms in total. The second-order valence-corrected chi connectivity index (χ2v) is 25.1. The fourth-order valence-electron chi connectivity index (χ4n) is 8.95. The lowest BCUT2D eigenvalue weighted by atomic mass is 9.90. The van der Waals surface area contributed by atoms with Crippen LogP contribution >= 0.6 is 79.6 Å². The van der Waals surface area contributed by atoms with Crippen LogP contribution in [0.2, 0.25) is 0 Å². The van der Waals surface area contributed by atoms with Crippen molar-refractivity contribution in [3.63, 3.8) is 0 Å². The number of nitrogens with zero attached hydrogens (tertiary/aromatic N) is 7. The Morgan fingerprint density at radius 1 is 0.659 bits per heavy atom. The third-order valence-corrected chi connectivity index (χ3v) is 19.4. The van der Waals surface area contributed by atoms with Gasteiger partial charge in [0, 0.05) is 67.9 Å². The first-order valence-corrected chi connectivity index (χ1v) is 31.0. The number of nitrogens with two attached hydrogens (primary N) is 2. The number of primary amides is 2. The maximum atomic E-state index is 14.8. The van der Waals surface area contributed by atoms with Crippen LogP contribution in [0.25, 0.3) is 43.4 Å². The number of hydrogen-bond acceptors (Lipinski definition) is 21. The molecule has 10 rings (SSSR count). The summed E-state index contributed by atoms with van der Waals surface area (Å²) in [6.07, 6.45) is -3.03. The van der Waals surface area contributed by atoms with Crippen LogP contribution < -0.4 is 27.4 Å². The standard InChI is InChI=1S/C55H49ClN12O8S6/c1-24-9-11-27(12-10-24)15-32-47(74)67-42(25(2)40(70)18-56)55-66-38(23-81-55)53-62-34(19-79-53)44-29(13-14-31(59-44)52-63-35(20-80-52)46(58)73)50-64-37(21-77-50)49(76)61-33(17-41(57)71)54-68-43(26(3)82-54)39(69)16-30(45(72)28-7-5-4-6-8-28)51-65-36(22-78-51)48(75)60-32/h4-14,19-23,25,30,32-33,40,42,45,70,72H,15-18H2,1-3H3,(H2,57,71)(H2,58,73)(H,60,75)(H,61,76)(H,67,74)/t25-,30-,32-,33-,40-,42-,45+/m0/s1. The number of nitrogens with one attached hydrogen (secondary N) is 3. The Labute approximate surface area is 497 Å². The number of ketones is 1. The molecule has 9 N–H and O–H groups in total. The van der Waals surface area contributed by atoms with Gasteiger partial charge in [-0.1, -0.05) is 67.1 Å². The number of aliphatic hydroxyl groups excluding tert-OH is 2. The molecule has 8 heterocycles. The third kappa shape index (κ3) is 12.8. The van der Waals surface area contributed by atoms with Crippen molar-refractivity contribution in [2.75, 3.05) is 5.88 Å². The number of aryl methyl sites for hydroxylation is 2. The molecule has 10 bridgehead atoms. The Morgan fingerprint density at radius 2 is 1.29 bits per heavy atom. The van der Waals surface area contributed by atoms with E-state index >= 15 is 0 Å². The molecule has 9 aromatic rings. The van der Waals surface area contributed by atoms with Gasteiger partial charge in [0.25, 0.3) is 17.7 Å². The Morgan fingerprint density at radius 3 is 2.01 bits per heavy atom. The third-order valence-electron chi connectivity index (χ3n) is 13.4. The van der Waals surface area contributed by atoms with Crippen molar-refractivity contribution in [3.8, 4) is 43.4 Å². The van der Waals surface area contributed by atoms with E-state index in [4.69, 9.17) is 48.0 Å². The van der Waals surface area contributed by atoms with Gasteiger partial charge in [0.1, 0.15) is 70.9 Å². The largest absolute Gasteiger partial charge is 0.392 e. The number of amides is 5. The molecule has 7 atom stereocenters. The van der Waals surface area contributed by atoms with Crippen LogP contribution in [-0.4, -0.2) is 98.4 Å². The van der Waals surface area contributed by atoms with E-state index < -0.39 is 77.5 Å². The Balaban J connectivity index is 1.08. The van der Waals surface area contributed by atoms with Crippen molar-refractivity contribution < 1.29 is 39.0 Å². The summed E-state index contributed by atoms with van der Waals surface area (Å²) >= 11 is 13.2. The topological polar surface area (TPSA) is 321 Å². The maximum absolute atomic E-state index is 14.8. The number of benzene rings is 2. The van der Waals surface area contributed by atoms with E-state index in [1.165, 1.54) is 44.8 Å². The van der Waals surface area contributed by atoms with E-state index in [2.05, 4.69) is 25.9 Å². The molecule has 82 heavy (non-hydrogen) atoms. The first-order chi connectivity index (χ1) is 39.4. The number of carbonyl (C=O) groups excluding carboxylic acids is 6. The van der Waals surface area contributed by atoms with Crippen molar-refractivity contribution in [2.45, 2.75) is 76.3 Å². The van der Waals surface area contributed by atoms with E-state index in [-0.39, 0.29) is 57.9 Å². The highest BCUT2D eigenvalue weighted by molar-refractivity contribution is 7.15. The van der Waals surface area contributed by atoms with Crippen LogP contribution in [0.3, 0.4) is 0 Å². The number of hydrogen-bond donors (Lipinski definition) is 7. The monoisotopic (exact) mass is 1230 g/mol. The molecule has 1 aliphatic rings. The van der Waals surface area contributed by atoms with Gasteiger partial charge in [-0.25, -0.2) is 34.9 Å². The SMILES string of the molecule is Cc1ccc(C[C@@H]2NC(=O)c3csc(n3)[C@H]([C@H](O)c3ccccc3)CC(=O)c3nc(sc3C)[C@H](CC(N)=O)NC(=O)c3csc(n3)-c3ccc(-c4nc(C(N)=O)cs4)nc3-c3csc(n3)-c3csc(n3)[C@H]([C@@H](C)[C@@H](O)CCl)NC2=O)cc1. The molecule has 0 unspecified atom stereocenters. The number of halogens is 1. The molecule has 7 aromatic heterocycles. The fourth-order valence-corrected chi connectivity index (χ4v) is 14.6. The van der Waals surface area contributed by atoms with Crippen molar-refractivity contribution >= 4 is 115 Å². The molecule has 1 aliphatic heterocycles. The lowest BCUT2D eigenvalue weighted by molar-refractivity contribution is -0.124. The molecule has 0 saturated carbocycles. The number of alkyl halides is 1. The van der Waals surface area contributed by atoms with Crippen LogP contribution in [0, 0.1) is 19.8 Å². The van der Waals surface area contributed by atoms with Gasteiger partial charge in [0.15, 0.2) is 5.78 Å². The predicted molar refractivity (Wildman–Crippen MR) is 316 cm³/mol. The van der Waals surface area contributed by atoms with Gasteiger partial charge in [-0.15, -0.1) is 79.6 Å². The van der Waals surface area contributed by atoms with Crippen molar-refractivity contribution in [1.29, 1.82) is 0 Å². The van der Waals surface area contributed by atoms with Gasteiger partial charge in [-0.05, 0) is 37.1 Å². The summed E-state index contributed by atoms with van der Waals surface area (Å²) in [5, 5.41) is 42.3. The zero-order valence-electron chi connectivity index (χ0n) is 43.6. The molecule has 27 heteroatoms. The molecule has 0 fully saturated rings. The summed E-state index contributed by atoms with van der Waals surface area (Å²) < 4.78 is 0. The number of aromatic nitrogens is 7. The van der Waals surface area contributed by atoms with Gasteiger partial charge in [0.2, 0.25) is 11.8 Å². The van der Waals surface area contributed by atoms with E-state index in [1.54, 1.807) is 72.5 Å². The smallest absolute Gasteiger partial charge is 0.271 e. The average molecular weight is 1230 g/mol. The first-order valence-electron chi connectivity index (χ1n) is 25.2. The second kappa shape index (κ2) is 25.0. The van der Waals surface area contributed by atoms with Crippen molar-refractivity contribution in [2.24, 2.45) is 17.4 Å². The van der Waals surface area contributed by atoms with Crippen LogP contribution in [0.5, 0.6) is 0 Å². The quantitative estimate of drug-likeness (QED) is 0.0598. The van der Waals surface area contributed by atoms with E-state index in [0.717, 1.165) is 45.1 Å². The number of aliphatic hydroxyl groups is 2. The molecule has 420 valence electrons. The minimum Gasteiger partial charge on any atom is -0.392 e.